The Hall–Kier alpha value is -10.0. The van der Waals surface area contributed by atoms with Crippen molar-refractivity contribution in [1.29, 1.82) is 0 Å². The topological polar surface area (TPSA) is 213 Å². The van der Waals surface area contributed by atoms with Gasteiger partial charge in [0.05, 0.1) is 29.6 Å². The van der Waals surface area contributed by atoms with Gasteiger partial charge in [-0.3, -0.25) is 24.0 Å². The molecule has 90 heavy (non-hydrogen) atoms. The van der Waals surface area contributed by atoms with Gasteiger partial charge in [-0.15, -0.1) is 0 Å². The Balaban J connectivity index is 0.000000172. The molecule has 0 unspecified atom stereocenters. The van der Waals surface area contributed by atoms with Crippen LogP contribution in [0.1, 0.15) is 80.5 Å². The highest BCUT2D eigenvalue weighted by Gasteiger charge is 2.40. The molecule has 0 radical (unpaired) electrons. The average molecular weight is 1240 g/mol. The van der Waals surface area contributed by atoms with Crippen LogP contribution in [0.25, 0.3) is 18.2 Å². The first-order chi connectivity index (χ1) is 43.2. The number of imide groups is 4. The van der Waals surface area contributed by atoms with Crippen LogP contribution >= 0.6 is 11.3 Å². The zero-order chi connectivity index (χ0) is 64.7. The maximum Gasteiger partial charge on any atom is 0.417 e. The monoisotopic (exact) mass is 1240 g/mol. The van der Waals surface area contributed by atoms with E-state index in [9.17, 15) is 43.2 Å². The number of cyclic esters (lactones) is 4. The van der Waals surface area contributed by atoms with Crippen LogP contribution in [0.15, 0.2) is 187 Å². The van der Waals surface area contributed by atoms with Gasteiger partial charge in [-0.25, -0.2) is 38.8 Å². The number of rotatable bonds is 15. The summed E-state index contributed by atoms with van der Waals surface area (Å²) in [6, 6.07) is 44.8. The maximum absolute atomic E-state index is 12.4. The minimum Gasteiger partial charge on any atom is -0.447 e. The summed E-state index contributed by atoms with van der Waals surface area (Å²) in [4.78, 5) is 113. The quantitative estimate of drug-likeness (QED) is 0.0405. The van der Waals surface area contributed by atoms with E-state index in [1.165, 1.54) is 39.0 Å². The van der Waals surface area contributed by atoms with Crippen molar-refractivity contribution in [3.63, 3.8) is 0 Å². The maximum atomic E-state index is 12.4. The number of aryl methyl sites for hydroxylation is 1. The third-order valence-corrected chi connectivity index (χ3v) is 15.0. The van der Waals surface area contributed by atoms with Crippen LogP contribution in [0.5, 0.6) is 5.75 Å². The van der Waals surface area contributed by atoms with E-state index >= 15 is 0 Å². The van der Waals surface area contributed by atoms with Gasteiger partial charge in [-0.05, 0) is 146 Å². The van der Waals surface area contributed by atoms with Crippen molar-refractivity contribution in [3.05, 3.63) is 226 Å². The number of hydrogen-bond acceptors (Lipinski definition) is 15. The van der Waals surface area contributed by atoms with Crippen LogP contribution in [0.4, 0.5) is 19.2 Å². The minimum absolute atomic E-state index is 0.121. The van der Waals surface area contributed by atoms with E-state index in [2.05, 4.69) is 0 Å². The van der Waals surface area contributed by atoms with E-state index in [0.29, 0.717) is 25.0 Å². The lowest BCUT2D eigenvalue weighted by Crippen LogP contribution is -2.40. The van der Waals surface area contributed by atoms with Gasteiger partial charge < -0.3 is 23.7 Å². The van der Waals surface area contributed by atoms with Gasteiger partial charge in [0.25, 0.3) is 23.6 Å². The molecule has 8 amide bonds. The van der Waals surface area contributed by atoms with E-state index in [4.69, 9.17) is 23.7 Å². The first kappa shape index (κ1) is 67.5. The second-order valence-electron chi connectivity index (χ2n) is 22.7. The number of thiophene rings is 1. The van der Waals surface area contributed by atoms with Crippen molar-refractivity contribution in [1.82, 2.24) is 19.6 Å². The lowest BCUT2D eigenvalue weighted by molar-refractivity contribution is -0.143. The summed E-state index contributed by atoms with van der Waals surface area (Å²) in [7, 11) is 0. The fourth-order valence-corrected chi connectivity index (χ4v) is 10.0. The summed E-state index contributed by atoms with van der Waals surface area (Å²) in [5.74, 6) is -1.17. The Labute approximate surface area is 528 Å². The molecule has 5 heterocycles. The molecule has 0 spiro atoms. The minimum atomic E-state index is -0.609. The van der Waals surface area contributed by atoms with Crippen LogP contribution in [-0.4, -0.2) is 124 Å². The van der Waals surface area contributed by atoms with E-state index in [1.54, 1.807) is 87.6 Å². The van der Waals surface area contributed by atoms with Crippen LogP contribution in [0, 0.1) is 18.3 Å². The lowest BCUT2D eigenvalue weighted by Gasteiger charge is -2.21. The molecule has 0 aliphatic carbocycles. The predicted molar refractivity (Wildman–Crippen MR) is 342 cm³/mol. The molecule has 4 aliphatic rings. The van der Waals surface area contributed by atoms with Gasteiger partial charge in [0, 0.05) is 18.2 Å². The van der Waals surface area contributed by atoms with Crippen molar-refractivity contribution in [2.45, 2.75) is 91.9 Å². The van der Waals surface area contributed by atoms with Gasteiger partial charge in [0.1, 0.15) is 32.2 Å². The summed E-state index contributed by atoms with van der Waals surface area (Å²) < 4.78 is 25.3. The molecule has 18 nitrogen and oxygen atoms in total. The Bertz CT molecular complexity index is 3540. The van der Waals surface area contributed by atoms with Gasteiger partial charge in [0.15, 0.2) is 0 Å². The number of ether oxygens (including phenoxy) is 5. The summed E-state index contributed by atoms with van der Waals surface area (Å²) >= 11 is 1.56. The van der Waals surface area contributed by atoms with Gasteiger partial charge in [-0.1, -0.05) is 153 Å². The summed E-state index contributed by atoms with van der Waals surface area (Å²) in [5, 5.41) is 3.88. The van der Waals surface area contributed by atoms with E-state index < -0.39 is 35.7 Å². The molecule has 0 N–H and O–H groups in total. The molecular formula is C71H74N4O14S. The largest absolute Gasteiger partial charge is 0.447 e. The number of carbonyl (C=O) groups is 9. The Morgan fingerprint density at radius 1 is 0.500 bits per heavy atom. The third kappa shape index (κ3) is 19.8. The van der Waals surface area contributed by atoms with Gasteiger partial charge in [0.2, 0.25) is 0 Å². The first-order valence-corrected chi connectivity index (χ1v) is 30.3. The Kier molecular flexibility index (Phi) is 24.6. The third-order valence-electron chi connectivity index (χ3n) is 14.3. The van der Waals surface area contributed by atoms with Crippen molar-refractivity contribution in [2.24, 2.45) is 11.3 Å². The molecule has 4 atom stereocenters. The molecule has 468 valence electrons. The number of hydrogen-bond donors (Lipinski definition) is 0. The molecule has 19 heteroatoms. The fourth-order valence-electron chi connectivity index (χ4n) is 9.40. The molecule has 0 bridgehead atoms. The predicted octanol–water partition coefficient (Wildman–Crippen LogP) is 12.8. The normalized spacial score (nSPS) is 18.0. The highest BCUT2D eigenvalue weighted by atomic mass is 32.1. The van der Waals surface area contributed by atoms with Crippen molar-refractivity contribution in [2.75, 3.05) is 26.4 Å². The molecule has 10 rings (SSSR count). The fraction of sp³-hybridized carbons (Fsp3) is 0.282. The second-order valence-corrected chi connectivity index (χ2v) is 23.4. The molecule has 6 aromatic rings. The van der Waals surface area contributed by atoms with Crippen LogP contribution in [0.3, 0.4) is 0 Å². The SMILES string of the molecule is C/C=C/C(=O)N1C(=O)OC[C@H]1Cc1ccccc1.CC(C)[C@H]1COC(=O)N1C(=O)/C=C/c1ccc(OC(=O)C(C)(C)C)cc1.Cc1ccc(/C=C/C(=O)N2C(=O)OC[C@H]2Cc2ccccc2)cc1.O=C(/C=C/c1ccsc1)N1C(=O)OC[C@@H]1Cc1ccccc1. The van der Waals surface area contributed by atoms with Crippen LogP contribution in [-0.2, 0) is 62.2 Å². The molecule has 4 aliphatic heterocycles. The van der Waals surface area contributed by atoms with E-state index in [1.807, 2.05) is 153 Å². The number of carbonyl (C=O) groups excluding carboxylic acids is 9. The van der Waals surface area contributed by atoms with Gasteiger partial charge >= 0.3 is 30.3 Å². The molecule has 1 aromatic heterocycles. The second kappa shape index (κ2) is 32.8. The molecule has 4 fully saturated rings. The standard InChI is InChI=1S/C20H25NO5.C20H19NO3.C17H15NO3S.C14H15NO3/c1-13(2)16-12-25-19(24)21(16)17(22)11-8-14-6-9-15(10-7-14)26-18(23)20(3,4)5;1-15-7-9-16(10-8-15)11-12-19(22)21-18(14-24-20(21)23)13-17-5-3-2-4-6-17;19-16(7-6-14-8-9-22-12-14)18-15(11-21-17(18)20)10-13-4-2-1-3-5-13;1-2-6-13(16)15-12(10-18-14(15)17)9-11-7-4-3-5-8-11/h6-11,13,16H,12H2,1-5H3;2-12,18H,13-14H2,1H3;1-9,12,15H,10-11H2;2-8,12H,9-10H2,1H3/b11-8+;12-11+;7-6+;6-2+/t16-;18-;15-;12-/m1101/s1. The zero-order valence-corrected chi connectivity index (χ0v) is 52.2. The highest BCUT2D eigenvalue weighted by molar-refractivity contribution is 7.08. The van der Waals surface area contributed by atoms with Crippen LogP contribution in [0.2, 0.25) is 0 Å². The zero-order valence-electron chi connectivity index (χ0n) is 51.4. The smallest absolute Gasteiger partial charge is 0.417 e. The van der Waals surface area contributed by atoms with Crippen molar-refractivity contribution >= 4 is 83.5 Å². The summed E-state index contributed by atoms with van der Waals surface area (Å²) in [6.45, 7) is 13.9. The number of esters is 1. The van der Waals surface area contributed by atoms with Crippen molar-refractivity contribution in [3.8, 4) is 5.75 Å². The Morgan fingerprint density at radius 3 is 1.24 bits per heavy atom. The molecule has 0 saturated carbocycles. The Morgan fingerprint density at radius 2 is 0.867 bits per heavy atom. The molecule has 4 saturated heterocycles. The summed E-state index contributed by atoms with van der Waals surface area (Å²) in [5.41, 5.74) is 6.42. The molecular weight excluding hydrogens is 1160 g/mol. The van der Waals surface area contributed by atoms with Crippen LogP contribution < -0.4 is 4.74 Å². The average Bonchev–Trinajstić information content (AvgIpc) is 3.47. The highest BCUT2D eigenvalue weighted by Crippen LogP contribution is 2.25. The van der Waals surface area contributed by atoms with Gasteiger partial charge in [-0.2, -0.15) is 11.3 Å². The van der Waals surface area contributed by atoms with Crippen molar-refractivity contribution < 1.29 is 66.8 Å². The number of benzene rings is 5. The number of amides is 8. The van der Waals surface area contributed by atoms with E-state index in [0.717, 1.165) is 43.8 Å². The molecule has 5 aromatic carbocycles. The van der Waals surface area contributed by atoms with E-state index in [-0.39, 0.29) is 80.2 Å². The lowest BCUT2D eigenvalue weighted by atomic mass is 9.97. The summed E-state index contributed by atoms with van der Waals surface area (Å²) in [6.07, 6.45) is 11.7. The number of nitrogens with zero attached hydrogens (tertiary/aromatic N) is 4. The first-order valence-electron chi connectivity index (χ1n) is 29.4. The number of allylic oxidation sites excluding steroid dienone is 1.